The summed E-state index contributed by atoms with van der Waals surface area (Å²) in [7, 11) is 1.74. The van der Waals surface area contributed by atoms with E-state index in [1.807, 2.05) is 0 Å². The molecule has 136 valence electrons. The van der Waals surface area contributed by atoms with Gasteiger partial charge >= 0.3 is 0 Å². The van der Waals surface area contributed by atoms with Gasteiger partial charge in [0.2, 0.25) is 0 Å². The third-order valence-electron chi connectivity index (χ3n) is 5.76. The van der Waals surface area contributed by atoms with Gasteiger partial charge < -0.3 is 10.1 Å². The molecule has 1 aliphatic carbocycles. The molecule has 2 rings (SSSR count). The first-order chi connectivity index (χ1) is 11.6. The molecule has 0 amide bonds. The first-order valence-electron chi connectivity index (χ1n) is 10.1. The third kappa shape index (κ3) is 6.47. The quantitative estimate of drug-likeness (QED) is 0.694. The topological polar surface area (TPSA) is 25.8 Å². The van der Waals surface area contributed by atoms with Crippen molar-refractivity contribution in [1.82, 2.24) is 0 Å². The van der Waals surface area contributed by atoms with E-state index in [2.05, 4.69) is 50.4 Å². The maximum absolute atomic E-state index is 5.31. The fourth-order valence-corrected chi connectivity index (χ4v) is 3.94. The van der Waals surface area contributed by atoms with Gasteiger partial charge in [0.05, 0.1) is 19.7 Å². The average molecular weight is 333 g/mol. The Bertz CT molecular complexity index is 446. The monoisotopic (exact) mass is 332 g/mol. The highest BCUT2D eigenvalue weighted by atomic mass is 16.5. The Hall–Kier alpha value is -1.02. The van der Waals surface area contributed by atoms with E-state index >= 15 is 0 Å². The van der Waals surface area contributed by atoms with Crippen molar-refractivity contribution >= 4 is 0 Å². The smallest absolute Gasteiger partial charge is 0.118 e. The van der Waals surface area contributed by atoms with Crippen molar-refractivity contribution in [3.63, 3.8) is 0 Å². The maximum Gasteiger partial charge on any atom is 0.118 e. The number of hydrogen-bond acceptors (Lipinski definition) is 1. The molecular weight excluding hydrogens is 294 g/mol. The minimum Gasteiger partial charge on any atom is -0.497 e. The molecule has 0 radical (unpaired) electrons. The van der Waals surface area contributed by atoms with E-state index in [1.54, 1.807) is 7.11 Å². The number of nitrogens with two attached hydrogens (primary N) is 1. The highest BCUT2D eigenvalue weighted by molar-refractivity contribution is 5.29. The van der Waals surface area contributed by atoms with Gasteiger partial charge in [-0.25, -0.2) is 0 Å². The van der Waals surface area contributed by atoms with E-state index in [-0.39, 0.29) is 0 Å². The zero-order valence-electron chi connectivity index (χ0n) is 16.3. The number of ether oxygens (including phenoxy) is 1. The molecule has 0 spiro atoms. The van der Waals surface area contributed by atoms with Gasteiger partial charge in [-0.05, 0) is 67.6 Å². The molecule has 2 heteroatoms. The Balaban J connectivity index is 1.85. The summed E-state index contributed by atoms with van der Waals surface area (Å²) in [5.41, 5.74) is 1.49. The van der Waals surface area contributed by atoms with Crippen molar-refractivity contribution in [2.45, 2.75) is 77.7 Å². The van der Waals surface area contributed by atoms with Crippen molar-refractivity contribution in [3.05, 3.63) is 29.8 Å². The van der Waals surface area contributed by atoms with E-state index in [0.29, 0.717) is 5.92 Å². The third-order valence-corrected chi connectivity index (χ3v) is 5.76. The van der Waals surface area contributed by atoms with Crippen LogP contribution in [0.4, 0.5) is 0 Å². The maximum atomic E-state index is 5.31. The van der Waals surface area contributed by atoms with Crippen LogP contribution >= 0.6 is 0 Å². The first-order valence-corrected chi connectivity index (χ1v) is 10.1. The molecule has 1 saturated carbocycles. The van der Waals surface area contributed by atoms with Crippen molar-refractivity contribution < 1.29 is 10.1 Å². The van der Waals surface area contributed by atoms with E-state index in [9.17, 15) is 0 Å². The van der Waals surface area contributed by atoms with Gasteiger partial charge in [0.1, 0.15) is 5.75 Å². The highest BCUT2D eigenvalue weighted by Gasteiger charge is 2.21. The fourth-order valence-electron chi connectivity index (χ4n) is 3.94. The molecule has 1 atom stereocenters. The Morgan fingerprint density at radius 2 is 1.67 bits per heavy atom. The van der Waals surface area contributed by atoms with Crippen LogP contribution in [0.3, 0.4) is 0 Å². The molecule has 0 heterocycles. The normalized spacial score (nSPS) is 22.5. The molecule has 2 N–H and O–H groups in total. The van der Waals surface area contributed by atoms with Crippen LogP contribution in [0.5, 0.6) is 5.75 Å². The lowest BCUT2D eigenvalue weighted by Gasteiger charge is -2.25. The molecule has 1 aliphatic rings. The average Bonchev–Trinajstić information content (AvgIpc) is 2.59. The second-order valence-electron chi connectivity index (χ2n) is 8.27. The Kier molecular flexibility index (Phi) is 8.11. The van der Waals surface area contributed by atoms with Crippen molar-refractivity contribution in [1.29, 1.82) is 0 Å². The number of rotatable bonds is 9. The molecule has 0 bridgehead atoms. The van der Waals surface area contributed by atoms with Crippen LogP contribution < -0.4 is 10.1 Å². The summed E-state index contributed by atoms with van der Waals surface area (Å²) in [4.78, 5) is 0. The number of hydrogen-bond donors (Lipinski definition) is 1. The number of benzene rings is 1. The van der Waals surface area contributed by atoms with Gasteiger partial charge in [-0.2, -0.15) is 0 Å². The first kappa shape index (κ1) is 19.3. The summed E-state index contributed by atoms with van der Waals surface area (Å²) in [5, 5.41) is 2.64. The van der Waals surface area contributed by atoms with Crippen molar-refractivity contribution in [3.8, 4) is 5.75 Å². The fraction of sp³-hybridized carbons (Fsp3) is 0.727. The van der Waals surface area contributed by atoms with Gasteiger partial charge in [0.25, 0.3) is 0 Å². The van der Waals surface area contributed by atoms with Crippen LogP contribution in [0.15, 0.2) is 24.3 Å². The standard InChI is InChI=1S/C22H37NO/c1-17(2)5-8-20(19-9-13-22(24-4)14-10-19)15-16-23-21-11-6-18(3)7-12-21/h9-10,13-14,17-18,20-21,23H,5-8,11-12,15-16H2,1-4H3/p+1/t18?,20-,21?/m1/s1. The molecule has 0 aromatic heterocycles. The summed E-state index contributed by atoms with van der Waals surface area (Å²) in [6.07, 6.45) is 9.61. The minimum absolute atomic E-state index is 0.692. The number of methoxy groups -OCH3 is 1. The van der Waals surface area contributed by atoms with Gasteiger partial charge in [0.15, 0.2) is 0 Å². The van der Waals surface area contributed by atoms with Gasteiger partial charge in [-0.15, -0.1) is 0 Å². The van der Waals surface area contributed by atoms with Gasteiger partial charge in [-0.3, -0.25) is 0 Å². The Morgan fingerprint density at radius 1 is 1.00 bits per heavy atom. The number of quaternary nitrogens is 1. The molecule has 1 fully saturated rings. The summed E-state index contributed by atoms with van der Waals surface area (Å²) in [6.45, 7) is 8.34. The summed E-state index contributed by atoms with van der Waals surface area (Å²) >= 11 is 0. The predicted molar refractivity (Wildman–Crippen MR) is 103 cm³/mol. The zero-order valence-corrected chi connectivity index (χ0v) is 16.3. The van der Waals surface area contributed by atoms with E-state index in [4.69, 9.17) is 4.74 Å². The molecule has 0 unspecified atom stereocenters. The molecule has 0 saturated heterocycles. The molecule has 2 nitrogen and oxygen atoms in total. The lowest BCUT2D eigenvalue weighted by atomic mass is 9.86. The van der Waals surface area contributed by atoms with Crippen LogP contribution in [0.2, 0.25) is 0 Å². The van der Waals surface area contributed by atoms with E-state index < -0.39 is 0 Å². The summed E-state index contributed by atoms with van der Waals surface area (Å²) in [6, 6.07) is 9.65. The van der Waals surface area contributed by atoms with Crippen LogP contribution in [0, 0.1) is 11.8 Å². The summed E-state index contributed by atoms with van der Waals surface area (Å²) < 4.78 is 5.31. The SMILES string of the molecule is COc1ccc([C@@H](CC[NH2+]C2CCC(C)CC2)CCC(C)C)cc1. The second-order valence-corrected chi connectivity index (χ2v) is 8.27. The highest BCUT2D eigenvalue weighted by Crippen LogP contribution is 2.28. The largest absolute Gasteiger partial charge is 0.497 e. The second kappa shape index (κ2) is 10.1. The lowest BCUT2D eigenvalue weighted by molar-refractivity contribution is -0.692. The molecule has 1 aromatic carbocycles. The van der Waals surface area contributed by atoms with Gasteiger partial charge in [0, 0.05) is 6.42 Å². The van der Waals surface area contributed by atoms with Crippen molar-refractivity contribution in [2.75, 3.05) is 13.7 Å². The zero-order chi connectivity index (χ0) is 17.4. The lowest BCUT2D eigenvalue weighted by Crippen LogP contribution is -2.90. The van der Waals surface area contributed by atoms with Crippen LogP contribution in [0.1, 0.15) is 77.2 Å². The van der Waals surface area contributed by atoms with Gasteiger partial charge in [-0.1, -0.05) is 39.3 Å². The van der Waals surface area contributed by atoms with Crippen LogP contribution in [0.25, 0.3) is 0 Å². The Morgan fingerprint density at radius 3 is 2.25 bits per heavy atom. The van der Waals surface area contributed by atoms with E-state index in [0.717, 1.165) is 23.6 Å². The molecular formula is C22H38NO+. The summed E-state index contributed by atoms with van der Waals surface area (Å²) in [5.74, 6) is 3.39. The molecule has 1 aromatic rings. The van der Waals surface area contributed by atoms with Crippen molar-refractivity contribution in [2.24, 2.45) is 11.8 Å². The van der Waals surface area contributed by atoms with Crippen LogP contribution in [-0.4, -0.2) is 19.7 Å². The van der Waals surface area contributed by atoms with Crippen LogP contribution in [-0.2, 0) is 0 Å². The Labute approximate surface area is 149 Å². The predicted octanol–water partition coefficient (Wildman–Crippen LogP) is 4.75. The van der Waals surface area contributed by atoms with E-state index in [1.165, 1.54) is 57.1 Å². The minimum atomic E-state index is 0.692. The molecule has 24 heavy (non-hydrogen) atoms. The molecule has 0 aliphatic heterocycles.